The van der Waals surface area contributed by atoms with E-state index >= 15 is 0 Å². The molecular formula is C17H17F3N4O4S2. The van der Waals surface area contributed by atoms with E-state index in [9.17, 15) is 30.0 Å². The van der Waals surface area contributed by atoms with Crippen molar-refractivity contribution in [2.24, 2.45) is 0 Å². The summed E-state index contributed by atoms with van der Waals surface area (Å²) >= 11 is 0. The highest BCUT2D eigenvalue weighted by Crippen LogP contribution is 2.35. The van der Waals surface area contributed by atoms with Crippen molar-refractivity contribution in [3.63, 3.8) is 0 Å². The number of nitrogens with zero attached hydrogens (tertiary/aromatic N) is 2. The third-order valence-electron chi connectivity index (χ3n) is 4.22. The van der Waals surface area contributed by atoms with E-state index in [-0.39, 0.29) is 22.7 Å². The fourth-order valence-corrected chi connectivity index (χ4v) is 5.18. The first-order valence-electron chi connectivity index (χ1n) is 8.46. The molecule has 0 fully saturated rings. The van der Waals surface area contributed by atoms with E-state index < -0.39 is 41.9 Å². The van der Waals surface area contributed by atoms with Gasteiger partial charge in [-0.3, -0.25) is 4.72 Å². The third kappa shape index (κ3) is 3.81. The first kappa shape index (κ1) is 21.9. The van der Waals surface area contributed by atoms with E-state index in [0.717, 1.165) is 28.2 Å². The van der Waals surface area contributed by atoms with Crippen molar-refractivity contribution in [3.8, 4) is 0 Å². The van der Waals surface area contributed by atoms with Gasteiger partial charge >= 0.3 is 6.18 Å². The maximum absolute atomic E-state index is 13.2. The van der Waals surface area contributed by atoms with Crippen molar-refractivity contribution in [2.45, 2.75) is 30.2 Å². The average molecular weight is 462 g/mol. The van der Waals surface area contributed by atoms with E-state index in [1.54, 1.807) is 0 Å². The molecule has 3 aromatic rings. The summed E-state index contributed by atoms with van der Waals surface area (Å²) in [5.74, 6) is -0.318. The molecule has 162 valence electrons. The quantitative estimate of drug-likeness (QED) is 0.601. The van der Waals surface area contributed by atoms with Crippen LogP contribution in [0.5, 0.6) is 0 Å². The van der Waals surface area contributed by atoms with Crippen molar-refractivity contribution in [1.29, 1.82) is 0 Å². The van der Waals surface area contributed by atoms with Crippen LogP contribution in [-0.2, 0) is 26.2 Å². The van der Waals surface area contributed by atoms with Crippen LogP contribution < -0.4 is 10.5 Å². The zero-order valence-electron chi connectivity index (χ0n) is 15.7. The molecule has 0 aliphatic rings. The smallest absolute Gasteiger partial charge is 0.368 e. The molecule has 3 rings (SSSR count). The average Bonchev–Trinajstić information content (AvgIpc) is 2.96. The fourth-order valence-electron chi connectivity index (χ4n) is 2.76. The van der Waals surface area contributed by atoms with Crippen LogP contribution in [0, 0.1) is 0 Å². The topological polar surface area (TPSA) is 124 Å². The lowest BCUT2D eigenvalue weighted by Crippen LogP contribution is -2.23. The van der Waals surface area contributed by atoms with Crippen LogP contribution in [0.1, 0.15) is 19.4 Å². The van der Waals surface area contributed by atoms with E-state index in [1.807, 2.05) is 0 Å². The van der Waals surface area contributed by atoms with Gasteiger partial charge in [0.05, 0.1) is 32.4 Å². The van der Waals surface area contributed by atoms with Crippen LogP contribution >= 0.6 is 0 Å². The Hall–Kier alpha value is -2.80. The number of aromatic nitrogens is 2. The number of rotatable bonds is 5. The minimum atomic E-state index is -4.88. The Labute approximate surface area is 170 Å². The van der Waals surface area contributed by atoms with E-state index in [4.69, 9.17) is 5.73 Å². The monoisotopic (exact) mass is 462 g/mol. The molecule has 8 nitrogen and oxygen atoms in total. The summed E-state index contributed by atoms with van der Waals surface area (Å²) in [6, 6.07) is 7.43. The zero-order chi connectivity index (χ0) is 22.5. The van der Waals surface area contributed by atoms with Crippen molar-refractivity contribution < 1.29 is 30.0 Å². The zero-order valence-corrected chi connectivity index (χ0v) is 17.3. The number of nitrogen functional groups attached to an aromatic ring is 1. The molecule has 0 aliphatic carbocycles. The molecular weight excluding hydrogens is 445 g/mol. The molecule has 0 spiro atoms. The molecule has 1 heterocycles. The Morgan fingerprint density at radius 1 is 1.07 bits per heavy atom. The number of halogens is 3. The number of sulfonamides is 1. The van der Waals surface area contributed by atoms with Crippen LogP contribution in [0.4, 0.5) is 24.8 Å². The van der Waals surface area contributed by atoms with E-state index in [1.165, 1.54) is 26.0 Å². The van der Waals surface area contributed by atoms with Crippen LogP contribution in [-0.4, -0.2) is 31.0 Å². The standard InChI is InChI=1S/C17H17F3N4O4S2/c1-10(2)30(27,28)24-14-9-11(7-8-13(14)22-16(24)21)23-29(25,26)15-6-4-3-5-12(15)17(18,19)20/h3-10,23H,1-2H3,(H2,21,22). The van der Waals surface area contributed by atoms with Gasteiger partial charge in [0.15, 0.2) is 0 Å². The van der Waals surface area contributed by atoms with Crippen LogP contribution in [0.15, 0.2) is 47.4 Å². The van der Waals surface area contributed by atoms with E-state index in [0.29, 0.717) is 6.07 Å². The lowest BCUT2D eigenvalue weighted by molar-refractivity contribution is -0.139. The number of alkyl halides is 3. The summed E-state index contributed by atoms with van der Waals surface area (Å²) in [5, 5.41) is -0.851. The number of fused-ring (bicyclic) bond motifs is 1. The molecule has 0 atom stereocenters. The van der Waals surface area contributed by atoms with Gasteiger partial charge < -0.3 is 5.73 Å². The van der Waals surface area contributed by atoms with Crippen molar-refractivity contribution in [3.05, 3.63) is 48.0 Å². The molecule has 13 heteroatoms. The molecule has 0 saturated carbocycles. The predicted molar refractivity (Wildman–Crippen MR) is 106 cm³/mol. The van der Waals surface area contributed by atoms with Gasteiger partial charge in [0.2, 0.25) is 16.0 Å². The summed E-state index contributed by atoms with van der Waals surface area (Å²) in [5.41, 5.74) is 4.41. The highest BCUT2D eigenvalue weighted by molar-refractivity contribution is 7.92. The minimum Gasteiger partial charge on any atom is -0.368 e. The van der Waals surface area contributed by atoms with Gasteiger partial charge in [0, 0.05) is 0 Å². The first-order valence-corrected chi connectivity index (χ1v) is 11.4. The molecule has 0 bridgehead atoms. The summed E-state index contributed by atoms with van der Waals surface area (Å²) in [4.78, 5) is 2.98. The Morgan fingerprint density at radius 2 is 1.70 bits per heavy atom. The van der Waals surface area contributed by atoms with Gasteiger partial charge in [0.1, 0.15) is 0 Å². The lowest BCUT2D eigenvalue weighted by Gasteiger charge is -2.15. The molecule has 30 heavy (non-hydrogen) atoms. The predicted octanol–water partition coefficient (Wildman–Crippen LogP) is 3.02. The molecule has 0 saturated heterocycles. The molecule has 3 N–H and O–H groups in total. The summed E-state index contributed by atoms with van der Waals surface area (Å²) in [7, 11) is -8.56. The Bertz CT molecular complexity index is 1330. The summed E-state index contributed by atoms with van der Waals surface area (Å²) in [6.07, 6.45) is -4.88. The Kier molecular flexibility index (Phi) is 5.23. The first-order chi connectivity index (χ1) is 13.7. The van der Waals surface area contributed by atoms with Gasteiger partial charge in [-0.15, -0.1) is 0 Å². The minimum absolute atomic E-state index is 0.00879. The Balaban J connectivity index is 2.12. The number of anilines is 2. The maximum Gasteiger partial charge on any atom is 0.417 e. The number of nitrogens with two attached hydrogens (primary N) is 1. The van der Waals surface area contributed by atoms with Gasteiger partial charge in [0.25, 0.3) is 10.0 Å². The highest BCUT2D eigenvalue weighted by atomic mass is 32.2. The number of nitrogens with one attached hydrogen (secondary N) is 1. The van der Waals surface area contributed by atoms with E-state index in [2.05, 4.69) is 9.71 Å². The lowest BCUT2D eigenvalue weighted by atomic mass is 10.2. The third-order valence-corrected chi connectivity index (χ3v) is 7.75. The van der Waals surface area contributed by atoms with Gasteiger partial charge in [-0.1, -0.05) is 12.1 Å². The molecule has 0 radical (unpaired) electrons. The second-order valence-corrected chi connectivity index (χ2v) is 10.6. The van der Waals surface area contributed by atoms with Crippen molar-refractivity contribution >= 4 is 42.7 Å². The molecule has 2 aromatic carbocycles. The van der Waals surface area contributed by atoms with Crippen LogP contribution in [0.3, 0.4) is 0 Å². The second kappa shape index (κ2) is 7.16. The SMILES string of the molecule is CC(C)S(=O)(=O)n1c(N)nc2ccc(NS(=O)(=O)c3ccccc3C(F)(F)F)cc21. The summed E-state index contributed by atoms with van der Waals surface area (Å²) < 4.78 is 92.8. The van der Waals surface area contributed by atoms with Gasteiger partial charge in [-0.05, 0) is 44.2 Å². The number of imidazole rings is 1. The van der Waals surface area contributed by atoms with Gasteiger partial charge in [-0.25, -0.2) is 25.8 Å². The maximum atomic E-state index is 13.2. The highest BCUT2D eigenvalue weighted by Gasteiger charge is 2.37. The fraction of sp³-hybridized carbons (Fsp3) is 0.235. The van der Waals surface area contributed by atoms with Crippen molar-refractivity contribution in [1.82, 2.24) is 8.96 Å². The number of hydrogen-bond acceptors (Lipinski definition) is 6. The van der Waals surface area contributed by atoms with Crippen LogP contribution in [0.2, 0.25) is 0 Å². The largest absolute Gasteiger partial charge is 0.417 e. The van der Waals surface area contributed by atoms with Gasteiger partial charge in [-0.2, -0.15) is 13.2 Å². The summed E-state index contributed by atoms with van der Waals surface area (Å²) in [6.45, 7) is 2.86. The van der Waals surface area contributed by atoms with Crippen LogP contribution in [0.25, 0.3) is 11.0 Å². The molecule has 0 unspecified atom stereocenters. The number of hydrogen-bond donors (Lipinski definition) is 2. The Morgan fingerprint density at radius 3 is 2.30 bits per heavy atom. The second-order valence-electron chi connectivity index (χ2n) is 6.63. The number of benzene rings is 2. The molecule has 0 amide bonds. The molecule has 1 aromatic heterocycles. The molecule has 0 aliphatic heterocycles. The van der Waals surface area contributed by atoms with Crippen molar-refractivity contribution in [2.75, 3.05) is 10.5 Å². The normalized spacial score (nSPS) is 13.1.